The van der Waals surface area contributed by atoms with Gasteiger partial charge in [0, 0.05) is 17.5 Å². The number of nitrogens with one attached hydrogen (secondary N) is 1. The van der Waals surface area contributed by atoms with Gasteiger partial charge in [0.2, 0.25) is 0 Å². The van der Waals surface area contributed by atoms with Gasteiger partial charge in [0.15, 0.2) is 0 Å². The molecule has 4 N–H and O–H groups in total. The van der Waals surface area contributed by atoms with Crippen molar-refractivity contribution in [3.05, 3.63) is 18.3 Å². The molecule has 0 unspecified atom stereocenters. The van der Waals surface area contributed by atoms with Gasteiger partial charge in [-0.25, -0.2) is 0 Å². The van der Waals surface area contributed by atoms with Crippen molar-refractivity contribution in [1.29, 1.82) is 0 Å². The molecule has 0 fully saturated rings. The molecule has 0 atom stereocenters. The number of rotatable bonds is 2. The highest BCUT2D eigenvalue weighted by molar-refractivity contribution is 5.85. The van der Waals surface area contributed by atoms with Crippen LogP contribution in [0.4, 0.5) is 5.69 Å². The van der Waals surface area contributed by atoms with Crippen LogP contribution in [0.15, 0.2) is 18.3 Å². The zero-order chi connectivity index (χ0) is 11.0. The van der Waals surface area contributed by atoms with Crippen LogP contribution in [0.2, 0.25) is 0 Å². The quantitative estimate of drug-likeness (QED) is 0.511. The third kappa shape index (κ3) is 1.68. The summed E-state index contributed by atoms with van der Waals surface area (Å²) in [5.41, 5.74) is 9.90. The van der Waals surface area contributed by atoms with Crippen LogP contribution in [0.1, 0.15) is 13.8 Å². The molecule has 0 spiro atoms. The van der Waals surface area contributed by atoms with Crippen LogP contribution in [0.3, 0.4) is 0 Å². The van der Waals surface area contributed by atoms with E-state index in [2.05, 4.69) is 10.5 Å². The Morgan fingerprint density at radius 1 is 1.47 bits per heavy atom. The molecule has 0 aliphatic rings. The van der Waals surface area contributed by atoms with Crippen molar-refractivity contribution in [3.8, 4) is 5.75 Å². The minimum absolute atomic E-state index is 0.0785. The number of nitrogens with zero attached hydrogens (tertiary/aromatic N) is 2. The molecule has 1 aromatic heterocycles. The monoisotopic (exact) mass is 206 g/mol. The highest BCUT2D eigenvalue weighted by Gasteiger charge is 2.06. The summed E-state index contributed by atoms with van der Waals surface area (Å²) >= 11 is 0. The van der Waals surface area contributed by atoms with E-state index in [0.29, 0.717) is 5.69 Å². The first-order valence-electron chi connectivity index (χ1n) is 4.80. The highest BCUT2D eigenvalue weighted by Crippen LogP contribution is 2.26. The minimum Gasteiger partial charge on any atom is -0.506 e. The van der Waals surface area contributed by atoms with E-state index in [1.165, 1.54) is 0 Å². The number of nitrogens with two attached hydrogens (primary N) is 1. The molecule has 80 valence electrons. The van der Waals surface area contributed by atoms with Gasteiger partial charge in [-0.1, -0.05) is 0 Å². The van der Waals surface area contributed by atoms with Gasteiger partial charge in [-0.05, 0) is 19.9 Å². The second-order valence-corrected chi connectivity index (χ2v) is 3.81. The van der Waals surface area contributed by atoms with E-state index >= 15 is 0 Å². The maximum absolute atomic E-state index is 9.50. The van der Waals surface area contributed by atoms with E-state index in [9.17, 15) is 5.11 Å². The standard InChI is InChI=1S/C10H14N4O/c1-6(2)13-14-9-4-10(15)8(11)3-7(9)5-12-14/h3-6,13,15H,11H2,1-2H3. The average molecular weight is 206 g/mol. The molecule has 1 aromatic carbocycles. The Hall–Kier alpha value is -1.91. The Morgan fingerprint density at radius 3 is 2.87 bits per heavy atom. The van der Waals surface area contributed by atoms with E-state index in [4.69, 9.17) is 5.73 Å². The number of hydrogen-bond donors (Lipinski definition) is 3. The summed E-state index contributed by atoms with van der Waals surface area (Å²) in [5.74, 6) is 0.0785. The van der Waals surface area contributed by atoms with Gasteiger partial charge >= 0.3 is 0 Å². The molecule has 5 heteroatoms. The lowest BCUT2D eigenvalue weighted by molar-refractivity contribution is 0.478. The van der Waals surface area contributed by atoms with Crippen molar-refractivity contribution in [2.24, 2.45) is 0 Å². The van der Waals surface area contributed by atoms with Crippen LogP contribution in [-0.4, -0.2) is 21.0 Å². The molecule has 0 amide bonds. The van der Waals surface area contributed by atoms with Crippen LogP contribution in [0.25, 0.3) is 10.9 Å². The lowest BCUT2D eigenvalue weighted by atomic mass is 10.2. The molecule has 0 aliphatic heterocycles. The molecule has 5 nitrogen and oxygen atoms in total. The van der Waals surface area contributed by atoms with Crippen LogP contribution in [0, 0.1) is 0 Å². The summed E-state index contributed by atoms with van der Waals surface area (Å²) in [4.78, 5) is 1.64. The minimum atomic E-state index is 0.0785. The van der Waals surface area contributed by atoms with E-state index in [1.54, 1.807) is 23.1 Å². The second-order valence-electron chi connectivity index (χ2n) is 3.81. The number of phenolic OH excluding ortho intramolecular Hbond substituents is 1. The van der Waals surface area contributed by atoms with Crippen molar-refractivity contribution in [2.45, 2.75) is 19.9 Å². The Kier molecular flexibility index (Phi) is 2.15. The van der Waals surface area contributed by atoms with Gasteiger partial charge in [-0.15, -0.1) is 0 Å². The van der Waals surface area contributed by atoms with Crippen LogP contribution < -0.4 is 11.2 Å². The number of phenols is 1. The molecule has 0 saturated carbocycles. The van der Waals surface area contributed by atoms with Crippen molar-refractivity contribution in [2.75, 3.05) is 11.2 Å². The SMILES string of the molecule is CC(C)Nn1ncc2cc(N)c(O)cc21. The molecule has 0 radical (unpaired) electrons. The first-order chi connectivity index (χ1) is 7.08. The summed E-state index contributed by atoms with van der Waals surface area (Å²) in [6.45, 7) is 4.04. The first-order valence-corrected chi connectivity index (χ1v) is 4.80. The summed E-state index contributed by atoms with van der Waals surface area (Å²) in [6.07, 6.45) is 1.71. The zero-order valence-electron chi connectivity index (χ0n) is 8.73. The maximum Gasteiger partial charge on any atom is 0.140 e. The number of fused-ring (bicyclic) bond motifs is 1. The Balaban J connectivity index is 2.54. The van der Waals surface area contributed by atoms with Gasteiger partial charge < -0.3 is 16.3 Å². The van der Waals surface area contributed by atoms with Gasteiger partial charge in [-0.3, -0.25) is 0 Å². The summed E-state index contributed by atoms with van der Waals surface area (Å²) in [7, 11) is 0. The number of aromatic hydroxyl groups is 1. The smallest absolute Gasteiger partial charge is 0.140 e. The van der Waals surface area contributed by atoms with Crippen molar-refractivity contribution < 1.29 is 5.11 Å². The molecule has 2 aromatic rings. The van der Waals surface area contributed by atoms with E-state index in [-0.39, 0.29) is 11.8 Å². The number of anilines is 1. The summed E-state index contributed by atoms with van der Waals surface area (Å²) in [6, 6.07) is 3.58. The lowest BCUT2D eigenvalue weighted by Crippen LogP contribution is -2.22. The predicted molar refractivity (Wildman–Crippen MR) is 60.3 cm³/mol. The molecule has 0 aliphatic carbocycles. The van der Waals surface area contributed by atoms with Crippen molar-refractivity contribution in [1.82, 2.24) is 9.89 Å². The summed E-state index contributed by atoms with van der Waals surface area (Å²) in [5, 5.41) is 14.6. The Morgan fingerprint density at radius 2 is 2.20 bits per heavy atom. The zero-order valence-corrected chi connectivity index (χ0v) is 8.73. The molecule has 0 saturated heterocycles. The van der Waals surface area contributed by atoms with Gasteiger partial charge in [0.05, 0.1) is 17.4 Å². The van der Waals surface area contributed by atoms with E-state index in [1.807, 2.05) is 13.8 Å². The fourth-order valence-electron chi connectivity index (χ4n) is 1.43. The topological polar surface area (TPSA) is 76.1 Å². The average Bonchev–Trinajstić information content (AvgIpc) is 2.49. The maximum atomic E-state index is 9.50. The van der Waals surface area contributed by atoms with Gasteiger partial charge in [-0.2, -0.15) is 9.89 Å². The number of benzene rings is 1. The fraction of sp³-hybridized carbons (Fsp3) is 0.300. The predicted octanol–water partition coefficient (Wildman–Crippen LogP) is 1.28. The Bertz CT molecular complexity index is 489. The van der Waals surface area contributed by atoms with Crippen molar-refractivity contribution >= 4 is 16.6 Å². The van der Waals surface area contributed by atoms with Crippen LogP contribution in [-0.2, 0) is 0 Å². The molecule has 1 heterocycles. The highest BCUT2D eigenvalue weighted by atomic mass is 16.3. The number of nitrogen functional groups attached to an aromatic ring is 1. The van der Waals surface area contributed by atoms with Crippen molar-refractivity contribution in [3.63, 3.8) is 0 Å². The largest absolute Gasteiger partial charge is 0.506 e. The Labute approximate surface area is 87.5 Å². The molecular weight excluding hydrogens is 192 g/mol. The molecule has 15 heavy (non-hydrogen) atoms. The fourth-order valence-corrected chi connectivity index (χ4v) is 1.43. The molecule has 2 rings (SSSR count). The van der Waals surface area contributed by atoms with Gasteiger partial charge in [0.25, 0.3) is 0 Å². The van der Waals surface area contributed by atoms with E-state index < -0.39 is 0 Å². The molecular formula is C10H14N4O. The third-order valence-electron chi connectivity index (χ3n) is 2.10. The van der Waals surface area contributed by atoms with E-state index in [0.717, 1.165) is 10.9 Å². The number of aromatic nitrogens is 2. The van der Waals surface area contributed by atoms with Gasteiger partial charge in [0.1, 0.15) is 5.75 Å². The first kappa shape index (κ1) is 9.64. The van der Waals surface area contributed by atoms with Crippen LogP contribution in [0.5, 0.6) is 5.75 Å². The number of hydrogen-bond acceptors (Lipinski definition) is 4. The normalized spacial score (nSPS) is 11.1. The lowest BCUT2D eigenvalue weighted by Gasteiger charge is -2.10. The second kappa shape index (κ2) is 3.34. The summed E-state index contributed by atoms with van der Waals surface area (Å²) < 4.78 is 0. The third-order valence-corrected chi connectivity index (χ3v) is 2.10. The molecule has 0 bridgehead atoms. The van der Waals surface area contributed by atoms with Crippen LogP contribution >= 0.6 is 0 Å².